The van der Waals surface area contributed by atoms with Gasteiger partial charge in [0.05, 0.1) is 31.8 Å². The van der Waals surface area contributed by atoms with Crippen molar-refractivity contribution in [3.8, 4) is 5.75 Å². The van der Waals surface area contributed by atoms with Crippen LogP contribution >= 0.6 is 0 Å². The van der Waals surface area contributed by atoms with E-state index in [1.54, 1.807) is 25.5 Å². The van der Waals surface area contributed by atoms with Crippen LogP contribution in [0.1, 0.15) is 23.3 Å². The van der Waals surface area contributed by atoms with Crippen LogP contribution in [0.3, 0.4) is 0 Å². The van der Waals surface area contributed by atoms with E-state index in [1.165, 1.54) is 12.1 Å². The van der Waals surface area contributed by atoms with Crippen molar-refractivity contribution < 1.29 is 32.6 Å². The van der Waals surface area contributed by atoms with Crippen molar-refractivity contribution in [1.82, 2.24) is 4.90 Å². The maximum absolute atomic E-state index is 14.3. The summed E-state index contributed by atoms with van der Waals surface area (Å²) in [5, 5.41) is 14.8. The number of benzene rings is 2. The zero-order chi connectivity index (χ0) is 24.6. The van der Waals surface area contributed by atoms with E-state index in [-0.39, 0.29) is 32.4 Å². The minimum absolute atomic E-state index is 0.0716. The second-order valence-corrected chi connectivity index (χ2v) is 8.38. The molecule has 2 aromatic carbocycles. The topological polar surface area (TPSA) is 76.7 Å². The normalized spacial score (nSPS) is 16.3. The number of hydrogen-bond donors (Lipinski definition) is 1. The molecular formula is C26H28F2N2O5. The van der Waals surface area contributed by atoms with Crippen molar-refractivity contribution in [3.63, 3.8) is 0 Å². The molecule has 3 aromatic rings. The Morgan fingerprint density at radius 3 is 2.71 bits per heavy atom. The van der Waals surface area contributed by atoms with Gasteiger partial charge in [0, 0.05) is 37.7 Å². The summed E-state index contributed by atoms with van der Waals surface area (Å²) in [5.74, 6) is 0.132. The first-order chi connectivity index (χ1) is 17.0. The van der Waals surface area contributed by atoms with Crippen LogP contribution in [0.2, 0.25) is 0 Å². The number of aliphatic hydroxyl groups is 1. The number of aliphatic hydroxyl groups excluding tert-OH is 1. The summed E-state index contributed by atoms with van der Waals surface area (Å²) in [6, 6.07) is 14.6. The molecule has 0 fully saturated rings. The quantitative estimate of drug-likeness (QED) is 0.415. The molecule has 0 aliphatic carbocycles. The van der Waals surface area contributed by atoms with E-state index in [1.807, 2.05) is 29.2 Å². The highest BCUT2D eigenvalue weighted by atomic mass is 19.1. The smallest absolute Gasteiger partial charge is 0.145 e. The summed E-state index contributed by atoms with van der Waals surface area (Å²) >= 11 is 0. The van der Waals surface area contributed by atoms with Crippen LogP contribution in [0.5, 0.6) is 5.75 Å². The zero-order valence-corrected chi connectivity index (χ0v) is 19.4. The van der Waals surface area contributed by atoms with Crippen LogP contribution in [-0.2, 0) is 22.7 Å². The average molecular weight is 487 g/mol. The molecule has 2 unspecified atom stereocenters. The van der Waals surface area contributed by atoms with Crippen LogP contribution in [0.25, 0.3) is 0 Å². The third-order valence-corrected chi connectivity index (χ3v) is 5.63. The lowest BCUT2D eigenvalue weighted by Gasteiger charge is -2.27. The molecule has 7 nitrogen and oxygen atoms in total. The van der Waals surface area contributed by atoms with E-state index >= 15 is 0 Å². The maximum atomic E-state index is 14.3. The predicted octanol–water partition coefficient (Wildman–Crippen LogP) is 4.14. The van der Waals surface area contributed by atoms with E-state index in [9.17, 15) is 13.9 Å². The van der Waals surface area contributed by atoms with Crippen molar-refractivity contribution in [2.45, 2.75) is 31.8 Å². The Morgan fingerprint density at radius 1 is 1.17 bits per heavy atom. The lowest BCUT2D eigenvalue weighted by atomic mass is 10.0. The standard InChI is InChI=1S/C26H28F2N2O5/c1-32-22-8-5-18(6-9-22)26-12-24(35-29-26)15-30(13-19-4-7-20(27)11-25(19)28)14-21(31)16-33-17-23-3-2-10-34-23/h2-11,21,24,31H,12-17H2,1H3. The van der Waals surface area contributed by atoms with E-state index in [4.69, 9.17) is 18.7 Å². The Morgan fingerprint density at radius 2 is 2.00 bits per heavy atom. The number of nitrogens with zero attached hydrogens (tertiary/aromatic N) is 2. The Bertz CT molecular complexity index is 1110. The zero-order valence-electron chi connectivity index (χ0n) is 19.4. The molecule has 4 rings (SSSR count). The minimum atomic E-state index is -0.836. The van der Waals surface area contributed by atoms with Gasteiger partial charge >= 0.3 is 0 Å². The van der Waals surface area contributed by atoms with Gasteiger partial charge in [-0.3, -0.25) is 4.90 Å². The molecule has 186 valence electrons. The molecule has 35 heavy (non-hydrogen) atoms. The first kappa shape index (κ1) is 24.8. The highest BCUT2D eigenvalue weighted by molar-refractivity contribution is 6.01. The van der Waals surface area contributed by atoms with Crippen molar-refractivity contribution in [2.24, 2.45) is 5.16 Å². The Hall–Kier alpha value is -3.27. The van der Waals surface area contributed by atoms with Crippen molar-refractivity contribution in [1.29, 1.82) is 0 Å². The molecule has 0 amide bonds. The predicted molar refractivity (Wildman–Crippen MR) is 125 cm³/mol. The fraction of sp³-hybridized carbons (Fsp3) is 0.346. The van der Waals surface area contributed by atoms with E-state index in [0.29, 0.717) is 24.3 Å². The number of rotatable bonds is 12. The van der Waals surface area contributed by atoms with E-state index in [0.717, 1.165) is 23.1 Å². The highest BCUT2D eigenvalue weighted by Crippen LogP contribution is 2.21. The number of oxime groups is 1. The molecule has 2 atom stereocenters. The number of hydrogen-bond acceptors (Lipinski definition) is 7. The monoisotopic (exact) mass is 486 g/mol. The fourth-order valence-electron chi connectivity index (χ4n) is 3.90. The lowest BCUT2D eigenvalue weighted by Crippen LogP contribution is -2.39. The van der Waals surface area contributed by atoms with Crippen LogP contribution in [-0.4, -0.2) is 54.7 Å². The second-order valence-electron chi connectivity index (χ2n) is 8.38. The van der Waals surface area contributed by atoms with Crippen LogP contribution < -0.4 is 4.74 Å². The highest BCUT2D eigenvalue weighted by Gasteiger charge is 2.26. The minimum Gasteiger partial charge on any atom is -0.497 e. The number of furan rings is 1. The summed E-state index contributed by atoms with van der Waals surface area (Å²) < 4.78 is 43.7. The van der Waals surface area contributed by atoms with Crippen molar-refractivity contribution in [2.75, 3.05) is 26.8 Å². The van der Waals surface area contributed by atoms with Gasteiger partial charge in [-0.05, 0) is 48.0 Å². The van der Waals surface area contributed by atoms with Gasteiger partial charge in [-0.1, -0.05) is 11.2 Å². The summed E-state index contributed by atoms with van der Waals surface area (Å²) in [6.07, 6.45) is 0.987. The van der Waals surface area contributed by atoms with Gasteiger partial charge in [-0.2, -0.15) is 0 Å². The molecule has 9 heteroatoms. The van der Waals surface area contributed by atoms with Crippen molar-refractivity contribution in [3.05, 3.63) is 89.4 Å². The number of halogens is 2. The maximum Gasteiger partial charge on any atom is 0.145 e. The molecule has 0 radical (unpaired) electrons. The molecule has 1 aliphatic rings. The summed E-state index contributed by atoms with van der Waals surface area (Å²) in [4.78, 5) is 7.50. The molecule has 1 aliphatic heterocycles. The fourth-order valence-corrected chi connectivity index (χ4v) is 3.90. The molecule has 1 N–H and O–H groups in total. The Kier molecular flexibility index (Phi) is 8.46. The summed E-state index contributed by atoms with van der Waals surface area (Å²) in [6.45, 7) is 1.06. The third kappa shape index (κ3) is 7.11. The summed E-state index contributed by atoms with van der Waals surface area (Å²) in [7, 11) is 1.61. The molecule has 0 spiro atoms. The lowest BCUT2D eigenvalue weighted by molar-refractivity contribution is -0.00976. The number of methoxy groups -OCH3 is 1. The van der Waals surface area contributed by atoms with Gasteiger partial charge in [0.1, 0.15) is 35.9 Å². The largest absolute Gasteiger partial charge is 0.497 e. The van der Waals surface area contributed by atoms with Crippen LogP contribution in [0.15, 0.2) is 70.4 Å². The van der Waals surface area contributed by atoms with E-state index in [2.05, 4.69) is 5.16 Å². The Balaban J connectivity index is 1.36. The van der Waals surface area contributed by atoms with Gasteiger partial charge < -0.3 is 23.8 Å². The van der Waals surface area contributed by atoms with Gasteiger partial charge in [0.2, 0.25) is 0 Å². The van der Waals surface area contributed by atoms with Gasteiger partial charge in [0.15, 0.2) is 0 Å². The van der Waals surface area contributed by atoms with Gasteiger partial charge in [0.25, 0.3) is 0 Å². The molecular weight excluding hydrogens is 458 g/mol. The van der Waals surface area contributed by atoms with Gasteiger partial charge in [-0.15, -0.1) is 0 Å². The van der Waals surface area contributed by atoms with E-state index < -0.39 is 17.7 Å². The molecule has 1 aromatic heterocycles. The first-order valence-corrected chi connectivity index (χ1v) is 11.3. The molecule has 2 heterocycles. The SMILES string of the molecule is COc1ccc(C2=NOC(CN(Cc3ccc(F)cc3F)CC(O)COCc3ccco3)C2)cc1. The van der Waals surface area contributed by atoms with Crippen LogP contribution in [0.4, 0.5) is 8.78 Å². The third-order valence-electron chi connectivity index (χ3n) is 5.63. The Labute approximate surface area is 202 Å². The van der Waals surface area contributed by atoms with Gasteiger partial charge in [-0.25, -0.2) is 8.78 Å². The average Bonchev–Trinajstić information content (AvgIpc) is 3.53. The molecule has 0 saturated carbocycles. The molecule has 0 saturated heterocycles. The first-order valence-electron chi connectivity index (χ1n) is 11.3. The summed E-state index contributed by atoms with van der Waals surface area (Å²) in [5.41, 5.74) is 2.05. The molecule has 0 bridgehead atoms. The van der Waals surface area contributed by atoms with Crippen molar-refractivity contribution >= 4 is 5.71 Å². The second kappa shape index (κ2) is 11.9. The number of ether oxygens (including phenoxy) is 2. The van der Waals surface area contributed by atoms with Crippen LogP contribution in [0, 0.1) is 11.6 Å².